The summed E-state index contributed by atoms with van der Waals surface area (Å²) in [6.45, 7) is 1.70. The van der Waals surface area contributed by atoms with Crippen LogP contribution in [0, 0.1) is 0 Å². The maximum atomic E-state index is 12.5. The molecule has 1 aliphatic rings. The number of nitrogens with one attached hydrogen (secondary N) is 1. The van der Waals surface area contributed by atoms with E-state index in [0.29, 0.717) is 22.9 Å². The minimum atomic E-state index is -0.292. The molecule has 1 amide bonds. The number of fused-ring (bicyclic) bond motifs is 1. The Morgan fingerprint density at radius 3 is 2.48 bits per heavy atom. The number of hydrogen-bond donors (Lipinski definition) is 1. The van der Waals surface area contributed by atoms with E-state index in [-0.39, 0.29) is 5.91 Å². The molecule has 3 aromatic rings. The van der Waals surface area contributed by atoms with Crippen LogP contribution in [-0.2, 0) is 13.0 Å². The second kappa shape index (κ2) is 8.18. The van der Waals surface area contributed by atoms with Crippen molar-refractivity contribution >= 4 is 17.5 Å². The zero-order valence-corrected chi connectivity index (χ0v) is 16.4. The molecule has 7 heteroatoms. The SMILES string of the molecule is COc1ccc(C(=O)Nc2ccc(N3CCc4ccccc4C3)nn2)cc1OC. The van der Waals surface area contributed by atoms with E-state index in [4.69, 9.17) is 9.47 Å². The van der Waals surface area contributed by atoms with Gasteiger partial charge in [-0.25, -0.2) is 0 Å². The molecule has 2 heterocycles. The fourth-order valence-electron chi connectivity index (χ4n) is 3.42. The lowest BCUT2D eigenvalue weighted by Gasteiger charge is -2.29. The molecule has 7 nitrogen and oxygen atoms in total. The van der Waals surface area contributed by atoms with Gasteiger partial charge in [0.05, 0.1) is 14.2 Å². The molecule has 0 saturated carbocycles. The lowest BCUT2D eigenvalue weighted by atomic mass is 10.00. The highest BCUT2D eigenvalue weighted by Gasteiger charge is 2.18. The van der Waals surface area contributed by atoms with E-state index in [0.717, 1.165) is 25.3 Å². The Morgan fingerprint density at radius 1 is 0.966 bits per heavy atom. The minimum Gasteiger partial charge on any atom is -0.493 e. The van der Waals surface area contributed by atoms with Gasteiger partial charge in [-0.2, -0.15) is 0 Å². The van der Waals surface area contributed by atoms with E-state index in [1.807, 2.05) is 6.07 Å². The van der Waals surface area contributed by atoms with Crippen molar-refractivity contribution < 1.29 is 14.3 Å². The third-order valence-corrected chi connectivity index (χ3v) is 4.99. The van der Waals surface area contributed by atoms with Crippen LogP contribution < -0.4 is 19.7 Å². The summed E-state index contributed by atoms with van der Waals surface area (Å²) in [6, 6.07) is 17.1. The predicted octanol–water partition coefficient (Wildman–Crippen LogP) is 3.31. The van der Waals surface area contributed by atoms with Crippen molar-refractivity contribution in [3.05, 3.63) is 71.3 Å². The van der Waals surface area contributed by atoms with Gasteiger partial charge in [-0.1, -0.05) is 24.3 Å². The summed E-state index contributed by atoms with van der Waals surface area (Å²) in [4.78, 5) is 14.7. The van der Waals surface area contributed by atoms with Crippen molar-refractivity contribution in [1.82, 2.24) is 10.2 Å². The molecule has 1 N–H and O–H groups in total. The summed E-state index contributed by atoms with van der Waals surface area (Å²) in [7, 11) is 3.08. The van der Waals surface area contributed by atoms with Crippen molar-refractivity contribution in [2.45, 2.75) is 13.0 Å². The number of nitrogens with zero attached hydrogens (tertiary/aromatic N) is 3. The van der Waals surface area contributed by atoms with Crippen LogP contribution in [0.4, 0.5) is 11.6 Å². The van der Waals surface area contributed by atoms with Crippen LogP contribution in [0.3, 0.4) is 0 Å². The molecule has 0 radical (unpaired) electrons. The van der Waals surface area contributed by atoms with E-state index >= 15 is 0 Å². The van der Waals surface area contributed by atoms with E-state index in [1.54, 1.807) is 31.4 Å². The summed E-state index contributed by atoms with van der Waals surface area (Å²) in [5.41, 5.74) is 3.14. The van der Waals surface area contributed by atoms with Crippen LogP contribution in [0.15, 0.2) is 54.6 Å². The number of rotatable bonds is 5. The van der Waals surface area contributed by atoms with Crippen molar-refractivity contribution in [1.29, 1.82) is 0 Å². The fourth-order valence-corrected chi connectivity index (χ4v) is 3.42. The van der Waals surface area contributed by atoms with Crippen LogP contribution in [-0.4, -0.2) is 36.9 Å². The number of carbonyl (C=O) groups excluding carboxylic acids is 1. The lowest BCUT2D eigenvalue weighted by molar-refractivity contribution is 0.102. The summed E-state index contributed by atoms with van der Waals surface area (Å²) < 4.78 is 10.4. The number of methoxy groups -OCH3 is 2. The molecule has 0 fully saturated rings. The first-order valence-electron chi connectivity index (χ1n) is 9.37. The Hall–Kier alpha value is -3.61. The van der Waals surface area contributed by atoms with Crippen molar-refractivity contribution in [3.8, 4) is 11.5 Å². The van der Waals surface area contributed by atoms with Gasteiger partial charge in [0.15, 0.2) is 23.1 Å². The molecular formula is C22H22N4O3. The molecule has 0 unspecified atom stereocenters. The molecule has 29 heavy (non-hydrogen) atoms. The van der Waals surface area contributed by atoms with Crippen LogP contribution in [0.1, 0.15) is 21.5 Å². The van der Waals surface area contributed by atoms with E-state index in [9.17, 15) is 4.79 Å². The molecule has 148 valence electrons. The average Bonchev–Trinajstić information content (AvgIpc) is 2.78. The number of aromatic nitrogens is 2. The Bertz CT molecular complexity index is 1020. The molecule has 0 spiro atoms. The number of anilines is 2. The van der Waals surface area contributed by atoms with Crippen molar-refractivity contribution in [3.63, 3.8) is 0 Å². The highest BCUT2D eigenvalue weighted by atomic mass is 16.5. The summed E-state index contributed by atoms with van der Waals surface area (Å²) in [6.07, 6.45) is 0.982. The smallest absolute Gasteiger partial charge is 0.257 e. The van der Waals surface area contributed by atoms with Gasteiger partial charge < -0.3 is 19.7 Å². The number of amides is 1. The third-order valence-electron chi connectivity index (χ3n) is 4.99. The lowest BCUT2D eigenvalue weighted by Crippen LogP contribution is -2.31. The zero-order chi connectivity index (χ0) is 20.2. The van der Waals surface area contributed by atoms with Gasteiger partial charge in [0.1, 0.15) is 0 Å². The number of ether oxygens (including phenoxy) is 2. The number of hydrogen-bond acceptors (Lipinski definition) is 6. The number of benzene rings is 2. The fraction of sp³-hybridized carbons (Fsp3) is 0.227. The van der Waals surface area contributed by atoms with Gasteiger partial charge in [-0.3, -0.25) is 4.79 Å². The van der Waals surface area contributed by atoms with Gasteiger partial charge in [0.25, 0.3) is 5.91 Å². The van der Waals surface area contributed by atoms with Crippen molar-refractivity contribution in [2.75, 3.05) is 31.0 Å². The Labute approximate surface area is 169 Å². The van der Waals surface area contributed by atoms with Gasteiger partial charge in [-0.15, -0.1) is 10.2 Å². The van der Waals surface area contributed by atoms with Crippen LogP contribution in [0.2, 0.25) is 0 Å². The molecule has 2 aromatic carbocycles. The molecule has 0 saturated heterocycles. The highest BCUT2D eigenvalue weighted by molar-refractivity contribution is 6.04. The van der Waals surface area contributed by atoms with E-state index < -0.39 is 0 Å². The first-order chi connectivity index (χ1) is 14.2. The number of carbonyl (C=O) groups is 1. The Morgan fingerprint density at radius 2 is 1.76 bits per heavy atom. The summed E-state index contributed by atoms with van der Waals surface area (Å²) >= 11 is 0. The average molecular weight is 390 g/mol. The zero-order valence-electron chi connectivity index (χ0n) is 16.4. The van der Waals surface area contributed by atoms with Gasteiger partial charge >= 0.3 is 0 Å². The van der Waals surface area contributed by atoms with Crippen LogP contribution in [0.25, 0.3) is 0 Å². The normalized spacial score (nSPS) is 12.8. The quantitative estimate of drug-likeness (QED) is 0.720. The Kier molecular flexibility index (Phi) is 5.29. The minimum absolute atomic E-state index is 0.292. The topological polar surface area (TPSA) is 76.6 Å². The molecule has 1 aromatic heterocycles. The second-order valence-electron chi connectivity index (χ2n) is 6.74. The van der Waals surface area contributed by atoms with Crippen LogP contribution in [0.5, 0.6) is 11.5 Å². The molecular weight excluding hydrogens is 368 g/mol. The molecule has 0 bridgehead atoms. The van der Waals surface area contributed by atoms with E-state index in [2.05, 4.69) is 44.7 Å². The first-order valence-corrected chi connectivity index (χ1v) is 9.37. The monoisotopic (exact) mass is 390 g/mol. The van der Waals surface area contributed by atoms with E-state index in [1.165, 1.54) is 18.2 Å². The standard InChI is InChI=1S/C22H22N4O3/c1-28-18-8-7-16(13-19(18)29-2)22(27)23-20-9-10-21(25-24-20)26-12-11-15-5-3-4-6-17(15)14-26/h3-10,13H,11-12,14H2,1-2H3,(H,23,24,27). The largest absolute Gasteiger partial charge is 0.493 e. The summed E-state index contributed by atoms with van der Waals surface area (Å²) in [5, 5.41) is 11.2. The third kappa shape index (κ3) is 3.99. The second-order valence-corrected chi connectivity index (χ2v) is 6.74. The maximum Gasteiger partial charge on any atom is 0.257 e. The van der Waals surface area contributed by atoms with Gasteiger partial charge in [0, 0.05) is 18.7 Å². The molecule has 0 aliphatic carbocycles. The Balaban J connectivity index is 1.44. The van der Waals surface area contributed by atoms with Gasteiger partial charge in [-0.05, 0) is 47.9 Å². The predicted molar refractivity (Wildman–Crippen MR) is 111 cm³/mol. The molecule has 0 atom stereocenters. The highest BCUT2D eigenvalue weighted by Crippen LogP contribution is 2.28. The van der Waals surface area contributed by atoms with Gasteiger partial charge in [0.2, 0.25) is 0 Å². The summed E-state index contributed by atoms with van der Waals surface area (Å²) in [5.74, 6) is 1.96. The molecule has 1 aliphatic heterocycles. The maximum absolute atomic E-state index is 12.5. The van der Waals surface area contributed by atoms with Crippen LogP contribution >= 0.6 is 0 Å². The molecule has 4 rings (SSSR count). The van der Waals surface area contributed by atoms with Crippen molar-refractivity contribution in [2.24, 2.45) is 0 Å². The first kappa shape index (κ1) is 18.7.